The standard InChI is InChI=1S/C12H18N2O/c13-12(14)9-5-2-6-10-15-11-7-3-1-4-8-11/h1,3-4,7-8H,2,5-6,9-10H2,(H3,13,14). The molecule has 0 heterocycles. The van der Waals surface area contributed by atoms with E-state index in [0.717, 1.165) is 31.6 Å². The molecule has 0 aliphatic carbocycles. The molecule has 0 aromatic heterocycles. The number of amidine groups is 1. The lowest BCUT2D eigenvalue weighted by Crippen LogP contribution is -2.08. The largest absolute Gasteiger partial charge is 0.494 e. The third-order valence-electron chi connectivity index (χ3n) is 2.10. The van der Waals surface area contributed by atoms with Crippen molar-refractivity contribution in [3.8, 4) is 5.75 Å². The Balaban J connectivity index is 2.00. The van der Waals surface area contributed by atoms with Gasteiger partial charge in [-0.05, 0) is 31.4 Å². The fourth-order valence-electron chi connectivity index (χ4n) is 1.30. The maximum Gasteiger partial charge on any atom is 0.119 e. The SMILES string of the molecule is N=C(N)CCCCCOc1ccccc1. The number of para-hydroxylation sites is 1. The van der Waals surface area contributed by atoms with E-state index in [1.54, 1.807) is 0 Å². The lowest BCUT2D eigenvalue weighted by Gasteiger charge is -2.05. The van der Waals surface area contributed by atoms with Crippen molar-refractivity contribution in [2.45, 2.75) is 25.7 Å². The normalized spacial score (nSPS) is 9.87. The molecule has 0 atom stereocenters. The fraction of sp³-hybridized carbons (Fsp3) is 0.417. The molecule has 1 aromatic rings. The van der Waals surface area contributed by atoms with Crippen LogP contribution in [0.4, 0.5) is 0 Å². The molecule has 0 saturated carbocycles. The van der Waals surface area contributed by atoms with Gasteiger partial charge in [-0.25, -0.2) is 0 Å². The van der Waals surface area contributed by atoms with Crippen molar-refractivity contribution >= 4 is 5.84 Å². The van der Waals surface area contributed by atoms with Gasteiger partial charge in [0.05, 0.1) is 12.4 Å². The van der Waals surface area contributed by atoms with Crippen LogP contribution in [0.3, 0.4) is 0 Å². The van der Waals surface area contributed by atoms with Crippen LogP contribution < -0.4 is 10.5 Å². The molecule has 3 nitrogen and oxygen atoms in total. The van der Waals surface area contributed by atoms with Crippen LogP contribution in [-0.2, 0) is 0 Å². The zero-order valence-electron chi connectivity index (χ0n) is 8.91. The van der Waals surface area contributed by atoms with E-state index in [2.05, 4.69) is 0 Å². The summed E-state index contributed by atoms with van der Waals surface area (Å²) in [5, 5.41) is 7.06. The Morgan fingerprint density at radius 2 is 1.87 bits per heavy atom. The van der Waals surface area contributed by atoms with E-state index in [-0.39, 0.29) is 5.84 Å². The Bertz CT molecular complexity index is 285. The van der Waals surface area contributed by atoms with Crippen molar-refractivity contribution in [2.75, 3.05) is 6.61 Å². The maximum atomic E-state index is 7.06. The average Bonchev–Trinajstić information content (AvgIpc) is 2.24. The van der Waals surface area contributed by atoms with Gasteiger partial charge < -0.3 is 10.5 Å². The van der Waals surface area contributed by atoms with Crippen molar-refractivity contribution in [3.05, 3.63) is 30.3 Å². The Morgan fingerprint density at radius 1 is 1.13 bits per heavy atom. The minimum atomic E-state index is 0.277. The highest BCUT2D eigenvalue weighted by Crippen LogP contribution is 2.09. The summed E-state index contributed by atoms with van der Waals surface area (Å²) in [6.45, 7) is 0.738. The molecule has 0 radical (unpaired) electrons. The number of hydrogen-bond donors (Lipinski definition) is 2. The van der Waals surface area contributed by atoms with E-state index >= 15 is 0 Å². The quantitative estimate of drug-likeness (QED) is 0.409. The number of nitrogens with one attached hydrogen (secondary N) is 1. The molecule has 0 unspecified atom stereocenters. The molecule has 0 amide bonds. The summed E-state index contributed by atoms with van der Waals surface area (Å²) in [5.74, 6) is 1.20. The lowest BCUT2D eigenvalue weighted by atomic mass is 10.2. The molecule has 3 heteroatoms. The Hall–Kier alpha value is -1.51. The molecule has 1 aromatic carbocycles. The van der Waals surface area contributed by atoms with E-state index < -0.39 is 0 Å². The van der Waals surface area contributed by atoms with Crippen molar-refractivity contribution in [3.63, 3.8) is 0 Å². The molecule has 1 rings (SSSR count). The van der Waals surface area contributed by atoms with Gasteiger partial charge in [0.1, 0.15) is 5.75 Å². The summed E-state index contributed by atoms with van der Waals surface area (Å²) in [6, 6.07) is 9.81. The summed E-state index contributed by atoms with van der Waals surface area (Å²) in [7, 11) is 0. The molecule has 0 bridgehead atoms. The molecule has 0 fully saturated rings. The van der Waals surface area contributed by atoms with Crippen LogP contribution in [-0.4, -0.2) is 12.4 Å². The average molecular weight is 206 g/mol. The third-order valence-corrected chi connectivity index (χ3v) is 2.10. The Labute approximate surface area is 90.8 Å². The number of rotatable bonds is 7. The van der Waals surface area contributed by atoms with E-state index in [9.17, 15) is 0 Å². The van der Waals surface area contributed by atoms with Gasteiger partial charge in [0.25, 0.3) is 0 Å². The summed E-state index contributed by atoms with van der Waals surface area (Å²) >= 11 is 0. The molecule has 3 N–H and O–H groups in total. The van der Waals surface area contributed by atoms with Crippen LogP contribution in [0.1, 0.15) is 25.7 Å². The first-order valence-electron chi connectivity index (χ1n) is 5.30. The topological polar surface area (TPSA) is 59.1 Å². The van der Waals surface area contributed by atoms with Crippen LogP contribution in [0, 0.1) is 5.41 Å². The van der Waals surface area contributed by atoms with Gasteiger partial charge in [0, 0.05) is 6.42 Å². The van der Waals surface area contributed by atoms with E-state index in [4.69, 9.17) is 15.9 Å². The Morgan fingerprint density at radius 3 is 2.53 bits per heavy atom. The van der Waals surface area contributed by atoms with E-state index in [1.165, 1.54) is 0 Å². The van der Waals surface area contributed by atoms with E-state index in [1.807, 2.05) is 30.3 Å². The monoisotopic (exact) mass is 206 g/mol. The van der Waals surface area contributed by atoms with Crippen LogP contribution in [0.15, 0.2) is 30.3 Å². The molecule has 0 aliphatic heterocycles. The first-order chi connectivity index (χ1) is 7.29. The second-order valence-electron chi connectivity index (χ2n) is 3.50. The summed E-state index contributed by atoms with van der Waals surface area (Å²) in [4.78, 5) is 0. The molecular weight excluding hydrogens is 188 g/mol. The van der Waals surface area contributed by atoms with Crippen LogP contribution in [0.25, 0.3) is 0 Å². The number of ether oxygens (including phenoxy) is 1. The van der Waals surface area contributed by atoms with Crippen molar-refractivity contribution in [1.29, 1.82) is 5.41 Å². The lowest BCUT2D eigenvalue weighted by molar-refractivity contribution is 0.305. The van der Waals surface area contributed by atoms with Gasteiger partial charge >= 0.3 is 0 Å². The van der Waals surface area contributed by atoms with Crippen molar-refractivity contribution in [1.82, 2.24) is 0 Å². The summed E-state index contributed by atoms with van der Waals surface area (Å²) in [5.41, 5.74) is 5.25. The summed E-state index contributed by atoms with van der Waals surface area (Å²) < 4.78 is 5.53. The van der Waals surface area contributed by atoms with Gasteiger partial charge in [-0.3, -0.25) is 5.41 Å². The molecule has 15 heavy (non-hydrogen) atoms. The molecular formula is C12H18N2O. The summed E-state index contributed by atoms with van der Waals surface area (Å²) in [6.07, 6.45) is 3.76. The van der Waals surface area contributed by atoms with Crippen LogP contribution >= 0.6 is 0 Å². The van der Waals surface area contributed by atoms with Gasteiger partial charge in [-0.2, -0.15) is 0 Å². The predicted octanol–water partition coefficient (Wildman–Crippen LogP) is 2.56. The van der Waals surface area contributed by atoms with Crippen molar-refractivity contribution in [2.24, 2.45) is 5.73 Å². The molecule has 82 valence electrons. The minimum Gasteiger partial charge on any atom is -0.494 e. The fourth-order valence-corrected chi connectivity index (χ4v) is 1.30. The number of nitrogens with two attached hydrogens (primary N) is 1. The number of hydrogen-bond acceptors (Lipinski definition) is 2. The second-order valence-corrected chi connectivity index (χ2v) is 3.50. The third kappa shape index (κ3) is 5.73. The second kappa shape index (κ2) is 6.87. The highest BCUT2D eigenvalue weighted by atomic mass is 16.5. The zero-order chi connectivity index (χ0) is 10.9. The smallest absolute Gasteiger partial charge is 0.119 e. The Kier molecular flexibility index (Phi) is 5.30. The minimum absolute atomic E-state index is 0.277. The van der Waals surface area contributed by atoms with Crippen LogP contribution in [0.5, 0.6) is 5.75 Å². The molecule has 0 saturated heterocycles. The highest BCUT2D eigenvalue weighted by Gasteiger charge is 1.93. The van der Waals surface area contributed by atoms with Gasteiger partial charge in [0.2, 0.25) is 0 Å². The zero-order valence-corrected chi connectivity index (χ0v) is 8.91. The van der Waals surface area contributed by atoms with Gasteiger partial charge in [-0.15, -0.1) is 0 Å². The first kappa shape index (κ1) is 11.6. The predicted molar refractivity (Wildman–Crippen MR) is 62.3 cm³/mol. The van der Waals surface area contributed by atoms with Crippen LogP contribution in [0.2, 0.25) is 0 Å². The molecule has 0 spiro atoms. The maximum absolute atomic E-state index is 7.06. The van der Waals surface area contributed by atoms with Gasteiger partial charge in [0.15, 0.2) is 0 Å². The first-order valence-corrected chi connectivity index (χ1v) is 5.30. The highest BCUT2D eigenvalue weighted by molar-refractivity contribution is 5.76. The number of unbranched alkanes of at least 4 members (excludes halogenated alkanes) is 2. The van der Waals surface area contributed by atoms with Crippen molar-refractivity contribution < 1.29 is 4.74 Å². The van der Waals surface area contributed by atoms with Gasteiger partial charge in [-0.1, -0.05) is 18.2 Å². The van der Waals surface area contributed by atoms with E-state index in [0.29, 0.717) is 6.42 Å². The number of benzene rings is 1. The molecule has 0 aliphatic rings.